The van der Waals surface area contributed by atoms with Gasteiger partial charge in [-0.1, -0.05) is 72.8 Å². The highest BCUT2D eigenvalue weighted by Crippen LogP contribution is 2.46. The fourth-order valence-electron chi connectivity index (χ4n) is 7.52. The van der Waals surface area contributed by atoms with Crippen molar-refractivity contribution in [3.05, 3.63) is 168 Å². The lowest BCUT2D eigenvalue weighted by atomic mass is 10.2. The summed E-state index contributed by atoms with van der Waals surface area (Å²) in [4.78, 5) is 24.0. The van der Waals surface area contributed by atoms with Gasteiger partial charge in [0.05, 0.1) is 22.1 Å². The summed E-state index contributed by atoms with van der Waals surface area (Å²) in [5.74, 6) is 3.20. The van der Waals surface area contributed by atoms with Crippen LogP contribution in [0.25, 0.3) is 22.1 Å². The summed E-state index contributed by atoms with van der Waals surface area (Å²) in [6.07, 6.45) is -0.370. The monoisotopic (exact) mass is 920 g/mol. The zero-order chi connectivity index (χ0) is 46.4. The molecule has 348 valence electrons. The lowest BCUT2D eigenvalue weighted by molar-refractivity contribution is -0.482. The smallest absolute Gasteiger partial charge is 0.273 e. The number of quaternary nitrogens is 1. The van der Waals surface area contributed by atoms with Crippen LogP contribution in [0.5, 0.6) is 0 Å². The van der Waals surface area contributed by atoms with Crippen molar-refractivity contribution in [2.75, 3.05) is 41.5 Å². The Bertz CT molecular complexity index is 2660. The second-order valence-electron chi connectivity index (χ2n) is 15.7. The quantitative estimate of drug-likeness (QED) is 0.0804. The molecule has 1 aliphatic rings. The number of nitrogens with two attached hydrogens (primary N) is 1. The predicted molar refractivity (Wildman–Crippen MR) is 267 cm³/mol. The van der Waals surface area contributed by atoms with Crippen LogP contribution in [0.2, 0.25) is 0 Å². The molecular formula is C54H61ClN8O4. The number of para-hydroxylation sites is 4. The van der Waals surface area contributed by atoms with Crippen molar-refractivity contribution >= 4 is 68.1 Å². The molecule has 3 N–H and O–H groups in total. The lowest BCUT2D eigenvalue weighted by Crippen LogP contribution is -3.00. The Morgan fingerprint density at radius 1 is 0.507 bits per heavy atom. The summed E-state index contributed by atoms with van der Waals surface area (Å²) in [6.45, 7) is 18.1. The predicted octanol–water partition coefficient (Wildman–Crippen LogP) is 8.76. The van der Waals surface area contributed by atoms with Crippen LogP contribution in [0.4, 0.5) is 46.0 Å². The molecule has 1 aliphatic heterocycles. The number of nitrogens with one attached hydrogen (secondary N) is 1. The molecule has 0 amide bonds. The number of hydrogen-bond donors (Lipinski definition) is 2. The first-order valence-electron chi connectivity index (χ1n) is 22.6. The minimum absolute atomic E-state index is 0. The molecule has 6 aromatic carbocycles. The van der Waals surface area contributed by atoms with Gasteiger partial charge in [0.25, 0.3) is 12.3 Å². The van der Waals surface area contributed by atoms with E-state index in [4.69, 9.17) is 38.9 Å². The van der Waals surface area contributed by atoms with Gasteiger partial charge in [0, 0.05) is 49.6 Å². The molecule has 0 unspecified atom stereocenters. The highest BCUT2D eigenvalue weighted by atomic mass is 35.5. The number of rotatable bonds is 14. The third-order valence-corrected chi connectivity index (χ3v) is 10.4. The van der Waals surface area contributed by atoms with Gasteiger partial charge in [-0.15, -0.1) is 0 Å². The Hall–Kier alpha value is -6.51. The van der Waals surface area contributed by atoms with Crippen molar-refractivity contribution in [1.29, 1.82) is 0 Å². The highest BCUT2D eigenvalue weighted by molar-refractivity contribution is 5.89. The molecule has 0 aliphatic carbocycles. The summed E-state index contributed by atoms with van der Waals surface area (Å²) in [7, 11) is 0. The zero-order valence-electron chi connectivity index (χ0n) is 39.6. The molecule has 0 radical (unpaired) electrons. The molecule has 13 heteroatoms. The van der Waals surface area contributed by atoms with Crippen molar-refractivity contribution in [2.24, 2.45) is 0 Å². The fourth-order valence-corrected chi connectivity index (χ4v) is 7.52. The maximum atomic E-state index is 6.30. The summed E-state index contributed by atoms with van der Waals surface area (Å²) < 4.78 is 21.5. The van der Waals surface area contributed by atoms with Gasteiger partial charge >= 0.3 is 0 Å². The van der Waals surface area contributed by atoms with Crippen molar-refractivity contribution in [2.45, 2.75) is 68.2 Å². The van der Waals surface area contributed by atoms with Crippen molar-refractivity contribution < 1.29 is 36.7 Å². The molecule has 0 saturated heterocycles. The van der Waals surface area contributed by atoms with Crippen LogP contribution in [0.3, 0.4) is 0 Å². The molecule has 8 aromatic rings. The second kappa shape index (κ2) is 24.3. The van der Waals surface area contributed by atoms with E-state index in [2.05, 4.69) is 133 Å². The van der Waals surface area contributed by atoms with Gasteiger partial charge in [0.15, 0.2) is 11.6 Å². The standard InChI is InChI=1S/C25H24N4O.C22H20N4.C7H16O3.ClH/c1-4-30-25-28(19-11-7-9-17(2)15-19)23-24(27-22-14-6-5-13-21(22)26-23)29(25)20-12-8-10-18(3)16-20;1-15-7-5-9-17(13-15)23-21-22(24-18-10-6-8-16(2)14-18)26-20-12-4-3-11-19(20)25-21;1-4-8-7(9-5-2)10-6-3;/h5-16,25H,4H2,1-3H3;3-14H,1-2H3,(H,23,25)(H,24,26);7H,4-6H2,1-3H3;1H. The minimum Gasteiger partial charge on any atom is -1.00 e. The molecule has 0 bridgehead atoms. The van der Waals surface area contributed by atoms with Gasteiger partial charge in [-0.25, -0.2) is 15.0 Å². The number of nitrogens with zero attached hydrogens (tertiary/aromatic N) is 6. The zero-order valence-corrected chi connectivity index (χ0v) is 40.4. The van der Waals surface area contributed by atoms with Gasteiger partial charge in [0.1, 0.15) is 5.69 Å². The van der Waals surface area contributed by atoms with Crippen LogP contribution in [0, 0.1) is 27.7 Å². The maximum absolute atomic E-state index is 6.30. The Labute approximate surface area is 400 Å². The summed E-state index contributed by atoms with van der Waals surface area (Å²) in [5.41, 5.74) is 12.5. The minimum atomic E-state index is -0.472. The van der Waals surface area contributed by atoms with Gasteiger partial charge < -0.3 is 36.7 Å². The molecule has 2 aromatic heterocycles. The first-order valence-corrected chi connectivity index (χ1v) is 22.6. The molecule has 0 saturated carbocycles. The van der Waals surface area contributed by atoms with E-state index in [-0.39, 0.29) is 18.8 Å². The number of fused-ring (bicyclic) bond motifs is 3. The summed E-state index contributed by atoms with van der Waals surface area (Å²) in [5, 5.41) is 5.51. The van der Waals surface area contributed by atoms with E-state index in [1.807, 2.05) is 88.4 Å². The van der Waals surface area contributed by atoms with Crippen molar-refractivity contribution in [3.8, 4) is 0 Å². The first-order chi connectivity index (χ1) is 32.2. The number of hydrogen-bond acceptors (Lipinski definition) is 11. The Morgan fingerprint density at radius 2 is 0.955 bits per heavy atom. The van der Waals surface area contributed by atoms with Crippen LogP contribution >= 0.6 is 0 Å². The SMILES string of the molecule is CCOC(OCC)OCC.CCOC1N(c2cccc(C)c2)c2nc3ccccc3nc2N1c1cccc(C)c1.Cc1cccc(Nc2nc3ccccc3nc2[NH2+]c2cccc(C)c2)c1.[Cl-]. The summed E-state index contributed by atoms with van der Waals surface area (Å²) in [6, 6.07) is 49.4. The molecule has 0 fully saturated rings. The molecule has 3 heterocycles. The van der Waals surface area contributed by atoms with Crippen molar-refractivity contribution in [3.63, 3.8) is 0 Å². The van der Waals surface area contributed by atoms with Crippen LogP contribution < -0.4 is 32.8 Å². The molecule has 0 atom stereocenters. The number of anilines is 6. The van der Waals surface area contributed by atoms with E-state index >= 15 is 0 Å². The number of aromatic nitrogens is 4. The third kappa shape index (κ3) is 12.9. The Morgan fingerprint density at radius 3 is 1.42 bits per heavy atom. The van der Waals surface area contributed by atoms with Crippen LogP contribution in [0.1, 0.15) is 49.9 Å². The molecule has 67 heavy (non-hydrogen) atoms. The summed E-state index contributed by atoms with van der Waals surface area (Å²) >= 11 is 0. The normalized spacial score (nSPS) is 12.0. The molecule has 12 nitrogen and oxygen atoms in total. The number of aryl methyl sites for hydroxylation is 4. The van der Waals surface area contributed by atoms with Crippen LogP contribution in [0.15, 0.2) is 146 Å². The molecular weight excluding hydrogens is 860 g/mol. The Kier molecular flexibility index (Phi) is 18.1. The van der Waals surface area contributed by atoms with Crippen molar-refractivity contribution in [1.82, 2.24) is 19.9 Å². The fraction of sp³-hybridized carbons (Fsp3) is 0.259. The van der Waals surface area contributed by atoms with E-state index in [0.717, 1.165) is 68.1 Å². The lowest BCUT2D eigenvalue weighted by Gasteiger charge is -2.31. The molecule has 0 spiro atoms. The average Bonchev–Trinajstić information content (AvgIpc) is 3.61. The van der Waals surface area contributed by atoms with E-state index < -0.39 is 6.48 Å². The number of ether oxygens (including phenoxy) is 4. The maximum Gasteiger partial charge on any atom is 0.273 e. The van der Waals surface area contributed by atoms with Gasteiger partial charge in [-0.05, 0) is 144 Å². The largest absolute Gasteiger partial charge is 1.00 e. The van der Waals surface area contributed by atoms with E-state index in [1.54, 1.807) is 0 Å². The van der Waals surface area contributed by atoms with E-state index in [0.29, 0.717) is 26.4 Å². The van der Waals surface area contributed by atoms with Crippen LogP contribution in [-0.4, -0.2) is 59.2 Å². The third-order valence-electron chi connectivity index (χ3n) is 10.4. The van der Waals surface area contributed by atoms with E-state index in [1.165, 1.54) is 22.3 Å². The Balaban J connectivity index is 0.000000184. The van der Waals surface area contributed by atoms with E-state index in [9.17, 15) is 0 Å². The first kappa shape index (κ1) is 49.9. The van der Waals surface area contributed by atoms with Gasteiger partial charge in [-0.3, -0.25) is 15.1 Å². The van der Waals surface area contributed by atoms with Crippen LogP contribution in [-0.2, 0) is 18.9 Å². The highest BCUT2D eigenvalue weighted by Gasteiger charge is 2.41. The van der Waals surface area contributed by atoms with Gasteiger partial charge in [-0.2, -0.15) is 4.98 Å². The topological polar surface area (TPSA) is 124 Å². The number of halogens is 1. The second-order valence-corrected chi connectivity index (χ2v) is 15.7. The average molecular weight is 922 g/mol. The van der Waals surface area contributed by atoms with Gasteiger partial charge in [0.2, 0.25) is 12.2 Å². The number of benzene rings is 6. The molecule has 9 rings (SSSR count).